The molecule has 2 aliphatic rings. The number of carbonyl (C=O) groups is 1. The normalized spacial score (nSPS) is 18.0. The van der Waals surface area contributed by atoms with E-state index in [-0.39, 0.29) is 16.7 Å². The Morgan fingerprint density at radius 2 is 1.90 bits per heavy atom. The number of aryl methyl sites for hydroxylation is 1. The lowest BCUT2D eigenvalue weighted by Gasteiger charge is -2.32. The van der Waals surface area contributed by atoms with Crippen molar-refractivity contribution < 1.29 is 17.7 Å². The summed E-state index contributed by atoms with van der Waals surface area (Å²) >= 11 is 0. The number of sulfone groups is 1. The minimum absolute atomic E-state index is 0.0360. The van der Waals surface area contributed by atoms with Crippen molar-refractivity contribution >= 4 is 21.7 Å². The molecule has 4 rings (SSSR count). The molecule has 2 aromatic rings. The smallest absolute Gasteiger partial charge is 0.276 e. The van der Waals surface area contributed by atoms with Gasteiger partial charge in [0.15, 0.2) is 15.5 Å². The molecule has 1 amide bonds. The number of piperidine rings is 1. The van der Waals surface area contributed by atoms with Crippen LogP contribution in [-0.2, 0) is 16.3 Å². The Balaban J connectivity index is 1.50. The maximum absolute atomic E-state index is 12.8. The molecular weight excluding hydrogens is 418 g/mol. The molecule has 2 fully saturated rings. The Labute approximate surface area is 182 Å². The summed E-state index contributed by atoms with van der Waals surface area (Å²) < 4.78 is 30.0. The second-order valence-electron chi connectivity index (χ2n) is 8.38. The molecule has 0 atom stereocenters. The molecule has 31 heavy (non-hydrogen) atoms. The number of hydrogen-bond acceptors (Lipinski definition) is 8. The number of aromatic nitrogens is 3. The van der Waals surface area contributed by atoms with E-state index in [0.717, 1.165) is 38.8 Å². The van der Waals surface area contributed by atoms with E-state index in [9.17, 15) is 13.2 Å². The van der Waals surface area contributed by atoms with Crippen LogP contribution in [0.5, 0.6) is 0 Å². The van der Waals surface area contributed by atoms with Gasteiger partial charge >= 0.3 is 0 Å². The maximum atomic E-state index is 12.8. The average Bonchev–Trinajstić information content (AvgIpc) is 3.45. The van der Waals surface area contributed by atoms with Gasteiger partial charge in [0.25, 0.3) is 5.91 Å². The van der Waals surface area contributed by atoms with Crippen LogP contribution in [0.1, 0.15) is 66.9 Å². The molecule has 2 aliphatic heterocycles. The highest BCUT2D eigenvalue weighted by Crippen LogP contribution is 2.33. The van der Waals surface area contributed by atoms with Crippen LogP contribution >= 0.6 is 0 Å². The van der Waals surface area contributed by atoms with Gasteiger partial charge in [0, 0.05) is 50.8 Å². The van der Waals surface area contributed by atoms with Crippen LogP contribution in [0.2, 0.25) is 0 Å². The number of carbonyl (C=O) groups excluding carboxylic acids is 1. The van der Waals surface area contributed by atoms with Crippen LogP contribution in [0.25, 0.3) is 0 Å². The van der Waals surface area contributed by atoms with E-state index in [1.165, 1.54) is 12.5 Å². The topological polar surface area (TPSA) is 110 Å². The maximum Gasteiger partial charge on any atom is 0.276 e. The number of likely N-dealkylation sites (tertiary alicyclic amines) is 1. The number of hydrogen-bond donors (Lipinski definition) is 0. The van der Waals surface area contributed by atoms with E-state index in [1.807, 2.05) is 6.92 Å². The third kappa shape index (κ3) is 4.73. The summed E-state index contributed by atoms with van der Waals surface area (Å²) in [7, 11) is -3.45. The molecule has 2 aromatic heterocycles. The quantitative estimate of drug-likeness (QED) is 0.664. The lowest BCUT2D eigenvalue weighted by molar-refractivity contribution is 0.0700. The van der Waals surface area contributed by atoms with Crippen LogP contribution in [0.4, 0.5) is 5.95 Å². The highest BCUT2D eigenvalue weighted by molar-refractivity contribution is 7.90. The van der Waals surface area contributed by atoms with Crippen LogP contribution in [0, 0.1) is 0 Å². The summed E-state index contributed by atoms with van der Waals surface area (Å²) in [5.41, 5.74) is 0.912. The molecule has 0 bridgehead atoms. The molecule has 168 valence electrons. The van der Waals surface area contributed by atoms with Crippen LogP contribution in [0.3, 0.4) is 0 Å². The molecule has 0 radical (unpaired) electrons. The zero-order valence-corrected chi connectivity index (χ0v) is 18.9. The second kappa shape index (κ2) is 8.94. The minimum atomic E-state index is -3.45. The molecule has 0 unspecified atom stereocenters. The van der Waals surface area contributed by atoms with Crippen molar-refractivity contribution in [1.29, 1.82) is 0 Å². The lowest BCUT2D eigenvalue weighted by atomic mass is 9.93. The van der Waals surface area contributed by atoms with Gasteiger partial charge in [-0.15, -0.1) is 0 Å². The van der Waals surface area contributed by atoms with Gasteiger partial charge in [-0.1, -0.05) is 12.1 Å². The first-order valence-corrected chi connectivity index (χ1v) is 12.8. The number of anilines is 1. The average molecular weight is 448 g/mol. The molecule has 0 saturated carbocycles. The van der Waals surface area contributed by atoms with Crippen molar-refractivity contribution in [2.75, 3.05) is 37.3 Å². The van der Waals surface area contributed by atoms with Gasteiger partial charge in [0.05, 0.1) is 11.9 Å². The van der Waals surface area contributed by atoms with E-state index >= 15 is 0 Å². The first-order valence-electron chi connectivity index (χ1n) is 10.9. The third-order valence-electron chi connectivity index (χ3n) is 6.00. The van der Waals surface area contributed by atoms with Crippen LogP contribution in [0.15, 0.2) is 21.7 Å². The highest BCUT2D eigenvalue weighted by Gasteiger charge is 2.31. The first-order chi connectivity index (χ1) is 14.9. The molecule has 4 heterocycles. The van der Waals surface area contributed by atoms with E-state index < -0.39 is 9.84 Å². The molecule has 0 aliphatic carbocycles. The summed E-state index contributed by atoms with van der Waals surface area (Å²) in [6, 6.07) is 1.71. The summed E-state index contributed by atoms with van der Waals surface area (Å²) in [6.45, 7) is 4.87. The van der Waals surface area contributed by atoms with Crippen molar-refractivity contribution in [3.8, 4) is 0 Å². The van der Waals surface area contributed by atoms with Gasteiger partial charge in [0.2, 0.25) is 5.95 Å². The predicted octanol–water partition coefficient (Wildman–Crippen LogP) is 2.44. The zero-order valence-electron chi connectivity index (χ0n) is 18.1. The van der Waals surface area contributed by atoms with E-state index in [0.29, 0.717) is 49.0 Å². The van der Waals surface area contributed by atoms with Crippen molar-refractivity contribution in [3.63, 3.8) is 0 Å². The van der Waals surface area contributed by atoms with Crippen molar-refractivity contribution in [2.45, 2.75) is 56.3 Å². The summed E-state index contributed by atoms with van der Waals surface area (Å²) in [4.78, 5) is 25.9. The fourth-order valence-corrected chi connectivity index (χ4v) is 5.15. The van der Waals surface area contributed by atoms with Crippen molar-refractivity contribution in [3.05, 3.63) is 29.4 Å². The largest absolute Gasteiger partial charge is 0.361 e. The van der Waals surface area contributed by atoms with E-state index in [1.54, 1.807) is 11.0 Å². The minimum Gasteiger partial charge on any atom is -0.361 e. The zero-order chi connectivity index (χ0) is 22.0. The fraction of sp³-hybridized carbons (Fsp3) is 0.619. The van der Waals surface area contributed by atoms with E-state index in [2.05, 4.69) is 15.0 Å². The molecule has 0 N–H and O–H groups in total. The molecular formula is C21H29N5O4S. The standard InChI is InChI=1S/C21H29N5O4S/c1-3-6-16-13-17(24-30-16)20(27)25-11-7-15(8-12-25)19-18(31(2,28)29)14-22-21(23-19)26-9-4-5-10-26/h13-15H,3-12H2,1-2H3. The Hall–Kier alpha value is -2.49. The molecule has 9 nitrogen and oxygen atoms in total. The SMILES string of the molecule is CCCc1cc(C(=O)N2CCC(c3nc(N4CCCC4)ncc3S(C)(=O)=O)CC2)no1. The molecule has 2 saturated heterocycles. The Kier molecular flexibility index (Phi) is 6.27. The number of nitrogens with zero attached hydrogens (tertiary/aromatic N) is 5. The summed E-state index contributed by atoms with van der Waals surface area (Å²) in [5.74, 6) is 1.14. The Morgan fingerprint density at radius 1 is 1.19 bits per heavy atom. The predicted molar refractivity (Wildman–Crippen MR) is 115 cm³/mol. The van der Waals surface area contributed by atoms with Gasteiger partial charge in [-0.05, 0) is 32.1 Å². The summed E-state index contributed by atoms with van der Waals surface area (Å²) in [6.07, 6.45) is 7.80. The fourth-order valence-electron chi connectivity index (χ4n) is 4.32. The van der Waals surface area contributed by atoms with Gasteiger partial charge < -0.3 is 14.3 Å². The van der Waals surface area contributed by atoms with Crippen LogP contribution < -0.4 is 4.90 Å². The van der Waals surface area contributed by atoms with E-state index in [4.69, 9.17) is 9.51 Å². The Morgan fingerprint density at radius 3 is 2.55 bits per heavy atom. The van der Waals surface area contributed by atoms with Gasteiger partial charge in [0.1, 0.15) is 10.7 Å². The second-order valence-corrected chi connectivity index (χ2v) is 10.4. The molecule has 10 heteroatoms. The monoisotopic (exact) mass is 447 g/mol. The van der Waals surface area contributed by atoms with Crippen LogP contribution in [-0.4, -0.2) is 66.8 Å². The first kappa shape index (κ1) is 21.7. The molecule has 0 spiro atoms. The number of rotatable bonds is 6. The number of amides is 1. The van der Waals surface area contributed by atoms with Crippen molar-refractivity contribution in [1.82, 2.24) is 20.0 Å². The van der Waals surface area contributed by atoms with Gasteiger partial charge in [-0.25, -0.2) is 18.4 Å². The van der Waals surface area contributed by atoms with Gasteiger partial charge in [-0.2, -0.15) is 0 Å². The van der Waals surface area contributed by atoms with Crippen molar-refractivity contribution in [2.24, 2.45) is 0 Å². The van der Waals surface area contributed by atoms with Gasteiger partial charge in [-0.3, -0.25) is 4.79 Å². The Bertz CT molecular complexity index is 1040. The lowest BCUT2D eigenvalue weighted by Crippen LogP contribution is -2.38. The summed E-state index contributed by atoms with van der Waals surface area (Å²) in [5, 5.41) is 3.92. The molecule has 0 aromatic carbocycles. The third-order valence-corrected chi connectivity index (χ3v) is 7.12. The highest BCUT2D eigenvalue weighted by atomic mass is 32.2.